The molecule has 0 rings (SSSR count). The Morgan fingerprint density at radius 1 is 1.62 bits per heavy atom. The van der Waals surface area contributed by atoms with E-state index in [4.69, 9.17) is 0 Å². The van der Waals surface area contributed by atoms with Crippen molar-refractivity contribution in [3.63, 3.8) is 0 Å². The summed E-state index contributed by atoms with van der Waals surface area (Å²) in [6, 6.07) is 0. The lowest BCUT2D eigenvalue weighted by Gasteiger charge is -1.97. The summed E-state index contributed by atoms with van der Waals surface area (Å²) >= 11 is 0. The van der Waals surface area contributed by atoms with Gasteiger partial charge in [0.25, 0.3) is 0 Å². The number of carbonyl (C=O) groups is 1. The van der Waals surface area contributed by atoms with E-state index in [-0.39, 0.29) is 11.6 Å². The van der Waals surface area contributed by atoms with Crippen LogP contribution >= 0.6 is 0 Å². The molecule has 0 atom stereocenters. The third-order valence-corrected chi connectivity index (χ3v) is 0.974. The van der Waals surface area contributed by atoms with E-state index in [9.17, 15) is 4.79 Å². The van der Waals surface area contributed by atoms with E-state index in [0.29, 0.717) is 0 Å². The second-order valence-corrected chi connectivity index (χ2v) is 2.17. The minimum absolute atomic E-state index is 0.176. The van der Waals surface area contributed by atoms with Crippen LogP contribution in [-0.4, -0.2) is 13.0 Å². The molecular weight excluding hydrogens is 98.9 g/mol. The van der Waals surface area contributed by atoms with Crippen LogP contribution in [0, 0.1) is 5.92 Å². The van der Waals surface area contributed by atoms with Crippen LogP contribution in [0.2, 0.25) is 6.32 Å². The van der Waals surface area contributed by atoms with Crippen molar-refractivity contribution in [2.45, 2.75) is 27.1 Å². The van der Waals surface area contributed by atoms with Crippen molar-refractivity contribution in [3.05, 3.63) is 0 Å². The Kier molecular flexibility index (Phi) is 3.58. The fourth-order valence-electron chi connectivity index (χ4n) is 0.437. The Bertz CT molecular complexity index is 78.6. The first-order valence-electron chi connectivity index (χ1n) is 3.05. The lowest BCUT2D eigenvalue weighted by atomic mass is 9.67. The summed E-state index contributed by atoms with van der Waals surface area (Å²) in [5.41, 5.74) is 0.257. The first kappa shape index (κ1) is 7.73. The van der Waals surface area contributed by atoms with Gasteiger partial charge in [0.2, 0.25) is 7.28 Å². The van der Waals surface area contributed by atoms with Crippen molar-refractivity contribution < 1.29 is 4.79 Å². The van der Waals surface area contributed by atoms with E-state index in [1.165, 1.54) is 0 Å². The molecule has 0 saturated heterocycles. The van der Waals surface area contributed by atoms with Gasteiger partial charge in [-0.25, -0.2) is 0 Å². The van der Waals surface area contributed by atoms with E-state index in [0.717, 1.165) is 6.32 Å². The van der Waals surface area contributed by atoms with Crippen molar-refractivity contribution in [1.82, 2.24) is 0 Å². The third kappa shape index (κ3) is 2.83. The molecule has 0 aliphatic rings. The monoisotopic (exact) mass is 111 g/mol. The van der Waals surface area contributed by atoms with Gasteiger partial charge in [-0.1, -0.05) is 27.1 Å². The van der Waals surface area contributed by atoms with E-state index >= 15 is 0 Å². The van der Waals surface area contributed by atoms with Crippen LogP contribution in [0.25, 0.3) is 0 Å². The van der Waals surface area contributed by atoms with Crippen LogP contribution in [-0.2, 0) is 4.79 Å². The van der Waals surface area contributed by atoms with E-state index in [1.54, 1.807) is 7.28 Å². The Morgan fingerprint density at radius 2 is 2.12 bits per heavy atom. The van der Waals surface area contributed by atoms with Gasteiger partial charge in [-0.05, 0) is 0 Å². The van der Waals surface area contributed by atoms with Gasteiger partial charge in [0.15, 0.2) is 0 Å². The van der Waals surface area contributed by atoms with Crippen LogP contribution in [0.3, 0.4) is 0 Å². The lowest BCUT2D eigenvalue weighted by Crippen LogP contribution is -2.14. The Morgan fingerprint density at radius 3 is 2.25 bits per heavy atom. The number of hydrogen-bond acceptors (Lipinski definition) is 1. The predicted octanol–water partition coefficient (Wildman–Crippen LogP) is 1.31. The molecule has 0 amide bonds. The molecule has 0 aliphatic carbocycles. The molecule has 0 N–H and O–H groups in total. The second kappa shape index (κ2) is 3.70. The number of hydrogen-bond donors (Lipinski definition) is 0. The molecule has 0 spiro atoms. The lowest BCUT2D eigenvalue weighted by molar-refractivity contribution is -0.114. The van der Waals surface area contributed by atoms with Crippen LogP contribution in [0.15, 0.2) is 0 Å². The molecule has 0 aromatic heterocycles. The summed E-state index contributed by atoms with van der Waals surface area (Å²) in [5.74, 6) is 0.176. The molecule has 0 fully saturated rings. The van der Waals surface area contributed by atoms with Gasteiger partial charge in [0.1, 0.15) is 0 Å². The summed E-state index contributed by atoms with van der Waals surface area (Å²) in [6.07, 6.45) is 0.858. The molecule has 0 unspecified atom stereocenters. The molecule has 1 nitrogen and oxygen atoms in total. The molecule has 45 valence electrons. The molecule has 0 aromatic carbocycles. The Balaban J connectivity index is 3.33. The quantitative estimate of drug-likeness (QED) is 0.501. The first-order valence-corrected chi connectivity index (χ1v) is 3.05. The number of carbonyl (C=O) groups excluding carboxylic acids is 1. The zero-order chi connectivity index (χ0) is 6.57. The normalized spacial score (nSPS) is 9.50. The van der Waals surface area contributed by atoms with Gasteiger partial charge in [-0.3, -0.25) is 0 Å². The summed E-state index contributed by atoms with van der Waals surface area (Å²) < 4.78 is 0. The molecule has 2 heteroatoms. The second-order valence-electron chi connectivity index (χ2n) is 2.17. The Labute approximate surface area is 51.7 Å². The van der Waals surface area contributed by atoms with Gasteiger partial charge < -0.3 is 4.79 Å². The SMILES string of the molecule is CC[B]C(=O)C(C)C. The van der Waals surface area contributed by atoms with Crippen molar-refractivity contribution in [1.29, 1.82) is 0 Å². The minimum Gasteiger partial charge on any atom is -0.312 e. The standard InChI is InChI=1S/C6H12BO/c1-4-7-6(8)5(2)3/h5H,4H2,1-3H3. The van der Waals surface area contributed by atoms with Crippen molar-refractivity contribution in [2.24, 2.45) is 5.92 Å². The van der Waals surface area contributed by atoms with E-state index in [1.807, 2.05) is 20.8 Å². The predicted molar refractivity (Wildman–Crippen MR) is 36.1 cm³/mol. The summed E-state index contributed by atoms with van der Waals surface area (Å²) in [5, 5.41) is 0. The van der Waals surface area contributed by atoms with Crippen LogP contribution in [0.5, 0.6) is 0 Å². The van der Waals surface area contributed by atoms with Gasteiger partial charge in [0.05, 0.1) is 5.68 Å². The van der Waals surface area contributed by atoms with Crippen molar-refractivity contribution in [3.8, 4) is 0 Å². The highest BCUT2D eigenvalue weighted by atomic mass is 16.1. The molecule has 0 heterocycles. The highest BCUT2D eigenvalue weighted by Crippen LogP contribution is 1.92. The van der Waals surface area contributed by atoms with Crippen LogP contribution in [0.4, 0.5) is 0 Å². The molecule has 0 bridgehead atoms. The maximum Gasteiger partial charge on any atom is 0.202 e. The fourth-order valence-corrected chi connectivity index (χ4v) is 0.437. The molecule has 0 saturated carbocycles. The highest BCUT2D eigenvalue weighted by molar-refractivity contribution is 6.74. The summed E-state index contributed by atoms with van der Waals surface area (Å²) in [4.78, 5) is 10.7. The first-order chi connectivity index (χ1) is 3.68. The highest BCUT2D eigenvalue weighted by Gasteiger charge is 2.04. The topological polar surface area (TPSA) is 17.1 Å². The van der Waals surface area contributed by atoms with Crippen molar-refractivity contribution in [2.75, 3.05) is 0 Å². The molecular formula is C6H12BO. The summed E-state index contributed by atoms with van der Waals surface area (Å²) in [6.45, 7) is 5.79. The molecule has 1 radical (unpaired) electrons. The van der Waals surface area contributed by atoms with Gasteiger partial charge in [-0.15, -0.1) is 0 Å². The van der Waals surface area contributed by atoms with Gasteiger partial charge in [-0.2, -0.15) is 0 Å². The fraction of sp³-hybridized carbons (Fsp3) is 0.833. The summed E-state index contributed by atoms with van der Waals surface area (Å²) in [7, 11) is 1.73. The zero-order valence-electron chi connectivity index (χ0n) is 5.77. The average Bonchev–Trinajstić information content (AvgIpc) is 1.67. The van der Waals surface area contributed by atoms with Crippen LogP contribution < -0.4 is 0 Å². The van der Waals surface area contributed by atoms with Crippen LogP contribution in [0.1, 0.15) is 20.8 Å². The Hall–Kier alpha value is -0.265. The molecule has 0 aliphatic heterocycles. The third-order valence-electron chi connectivity index (χ3n) is 0.974. The van der Waals surface area contributed by atoms with Crippen molar-refractivity contribution >= 4 is 13.0 Å². The molecule has 0 aromatic rings. The largest absolute Gasteiger partial charge is 0.312 e. The van der Waals surface area contributed by atoms with Gasteiger partial charge in [0, 0.05) is 5.92 Å². The zero-order valence-corrected chi connectivity index (χ0v) is 5.77. The maximum atomic E-state index is 10.7. The van der Waals surface area contributed by atoms with E-state index < -0.39 is 0 Å². The molecule has 8 heavy (non-hydrogen) atoms. The van der Waals surface area contributed by atoms with E-state index in [2.05, 4.69) is 0 Å². The average molecular weight is 111 g/mol. The van der Waals surface area contributed by atoms with Gasteiger partial charge >= 0.3 is 0 Å². The smallest absolute Gasteiger partial charge is 0.202 e. The number of rotatable bonds is 3. The maximum absolute atomic E-state index is 10.7. The minimum atomic E-state index is 0.176.